The lowest BCUT2D eigenvalue weighted by Gasteiger charge is -2.16. The zero-order valence-corrected chi connectivity index (χ0v) is 11.9. The maximum atomic E-state index is 11.8. The van der Waals surface area contributed by atoms with E-state index in [1.807, 2.05) is 42.6 Å². The van der Waals surface area contributed by atoms with E-state index in [4.69, 9.17) is 4.74 Å². The molecule has 1 aromatic heterocycles. The molecule has 1 N–H and O–H groups in total. The van der Waals surface area contributed by atoms with Crippen LogP contribution in [0.5, 0.6) is 0 Å². The first kappa shape index (κ1) is 13.4. The van der Waals surface area contributed by atoms with Gasteiger partial charge in [-0.2, -0.15) is 0 Å². The highest BCUT2D eigenvalue weighted by Gasteiger charge is 2.21. The number of fused-ring (bicyclic) bond motifs is 1. The summed E-state index contributed by atoms with van der Waals surface area (Å²) in [6, 6.07) is 18.2. The highest BCUT2D eigenvalue weighted by molar-refractivity contribution is 5.85. The predicted octanol–water partition coefficient (Wildman–Crippen LogP) is 3.86. The Morgan fingerprint density at radius 2 is 1.81 bits per heavy atom. The van der Waals surface area contributed by atoms with E-state index in [-0.39, 0.29) is 11.9 Å². The first-order valence-corrected chi connectivity index (χ1v) is 6.97. The molecule has 21 heavy (non-hydrogen) atoms. The Morgan fingerprint density at radius 3 is 2.57 bits per heavy atom. The molecule has 0 radical (unpaired) electrons. The second kappa shape index (κ2) is 5.83. The number of methoxy groups -OCH3 is 1. The average Bonchev–Trinajstić information content (AvgIpc) is 2.97. The van der Waals surface area contributed by atoms with Gasteiger partial charge in [0.1, 0.15) is 0 Å². The summed E-state index contributed by atoms with van der Waals surface area (Å²) < 4.78 is 4.86. The lowest BCUT2D eigenvalue weighted by molar-refractivity contribution is -0.140. The second-order valence-corrected chi connectivity index (χ2v) is 5.03. The fourth-order valence-electron chi connectivity index (χ4n) is 2.72. The Balaban J connectivity index is 2.08. The lowest BCUT2D eigenvalue weighted by Crippen LogP contribution is -2.09. The minimum atomic E-state index is -0.200. The molecule has 0 saturated heterocycles. The molecule has 3 heteroatoms. The van der Waals surface area contributed by atoms with Gasteiger partial charge in [0.25, 0.3) is 0 Å². The monoisotopic (exact) mass is 279 g/mol. The quantitative estimate of drug-likeness (QED) is 0.737. The van der Waals surface area contributed by atoms with E-state index >= 15 is 0 Å². The van der Waals surface area contributed by atoms with Crippen molar-refractivity contribution < 1.29 is 9.53 Å². The van der Waals surface area contributed by atoms with Crippen LogP contribution in [0.2, 0.25) is 0 Å². The topological polar surface area (TPSA) is 42.1 Å². The zero-order valence-electron chi connectivity index (χ0n) is 11.9. The Bertz CT molecular complexity index is 746. The number of aromatic nitrogens is 1. The number of hydrogen-bond donors (Lipinski definition) is 1. The van der Waals surface area contributed by atoms with Crippen molar-refractivity contribution >= 4 is 16.9 Å². The molecule has 0 aliphatic rings. The summed E-state index contributed by atoms with van der Waals surface area (Å²) in [7, 11) is 1.43. The average molecular weight is 279 g/mol. The summed E-state index contributed by atoms with van der Waals surface area (Å²) in [5, 5.41) is 1.15. The molecule has 3 aromatic rings. The van der Waals surface area contributed by atoms with Crippen LogP contribution in [0.1, 0.15) is 23.5 Å². The van der Waals surface area contributed by atoms with Gasteiger partial charge in [0.15, 0.2) is 0 Å². The third-order valence-corrected chi connectivity index (χ3v) is 3.80. The molecule has 0 spiro atoms. The van der Waals surface area contributed by atoms with Crippen LogP contribution in [0.15, 0.2) is 60.8 Å². The van der Waals surface area contributed by atoms with E-state index in [1.54, 1.807) is 0 Å². The molecule has 0 amide bonds. The second-order valence-electron chi connectivity index (χ2n) is 5.03. The van der Waals surface area contributed by atoms with Gasteiger partial charge in [0.05, 0.1) is 13.5 Å². The van der Waals surface area contributed by atoms with Crippen molar-refractivity contribution in [3.05, 3.63) is 71.9 Å². The van der Waals surface area contributed by atoms with Crippen molar-refractivity contribution in [3.8, 4) is 0 Å². The third kappa shape index (κ3) is 2.68. The highest BCUT2D eigenvalue weighted by atomic mass is 16.5. The summed E-state index contributed by atoms with van der Waals surface area (Å²) in [6.07, 6.45) is 2.33. The van der Waals surface area contributed by atoms with Crippen molar-refractivity contribution in [2.24, 2.45) is 0 Å². The molecule has 1 heterocycles. The third-order valence-electron chi connectivity index (χ3n) is 3.80. The first-order chi connectivity index (χ1) is 10.3. The van der Waals surface area contributed by atoms with Gasteiger partial charge in [0, 0.05) is 23.0 Å². The molecule has 106 valence electrons. The van der Waals surface area contributed by atoms with Crippen molar-refractivity contribution in [1.29, 1.82) is 0 Å². The Labute approximate surface area is 123 Å². The van der Waals surface area contributed by atoms with Crippen molar-refractivity contribution in [1.82, 2.24) is 4.98 Å². The summed E-state index contributed by atoms with van der Waals surface area (Å²) in [5.74, 6) is -0.205. The fourth-order valence-corrected chi connectivity index (χ4v) is 2.72. The molecule has 3 rings (SSSR count). The van der Waals surface area contributed by atoms with Gasteiger partial charge >= 0.3 is 5.97 Å². The number of aromatic amines is 1. The van der Waals surface area contributed by atoms with E-state index in [0.29, 0.717) is 6.42 Å². The summed E-state index contributed by atoms with van der Waals surface area (Å²) >= 11 is 0. The number of esters is 1. The predicted molar refractivity (Wildman–Crippen MR) is 83.2 cm³/mol. The molecule has 0 saturated carbocycles. The number of carbonyl (C=O) groups is 1. The van der Waals surface area contributed by atoms with Gasteiger partial charge in [-0.3, -0.25) is 4.79 Å². The van der Waals surface area contributed by atoms with Gasteiger partial charge < -0.3 is 9.72 Å². The molecule has 0 fully saturated rings. The number of nitrogens with one attached hydrogen (secondary N) is 1. The number of rotatable bonds is 4. The van der Waals surface area contributed by atoms with Gasteiger partial charge in [-0.25, -0.2) is 0 Å². The SMILES string of the molecule is COC(=O)CC(c1ccccc1)c1c[nH]c2ccccc12. The maximum absolute atomic E-state index is 11.8. The van der Waals surface area contributed by atoms with E-state index in [0.717, 1.165) is 22.0 Å². The van der Waals surface area contributed by atoms with Gasteiger partial charge in [0.2, 0.25) is 0 Å². The van der Waals surface area contributed by atoms with Crippen LogP contribution in [0.4, 0.5) is 0 Å². The number of H-pyrrole nitrogens is 1. The first-order valence-electron chi connectivity index (χ1n) is 6.97. The molecule has 0 bridgehead atoms. The molecule has 1 atom stereocenters. The lowest BCUT2D eigenvalue weighted by atomic mass is 9.88. The van der Waals surface area contributed by atoms with Crippen LogP contribution in [0.3, 0.4) is 0 Å². The van der Waals surface area contributed by atoms with Gasteiger partial charge in [-0.1, -0.05) is 48.5 Å². The molecule has 0 aliphatic heterocycles. The number of para-hydroxylation sites is 1. The van der Waals surface area contributed by atoms with Crippen LogP contribution in [0, 0.1) is 0 Å². The minimum absolute atomic E-state index is 0.00481. The fraction of sp³-hybridized carbons (Fsp3) is 0.167. The van der Waals surface area contributed by atoms with Gasteiger partial charge in [-0.05, 0) is 17.2 Å². The van der Waals surface area contributed by atoms with Gasteiger partial charge in [-0.15, -0.1) is 0 Å². The maximum Gasteiger partial charge on any atom is 0.306 e. The van der Waals surface area contributed by atoms with Crippen LogP contribution in [-0.2, 0) is 9.53 Å². The zero-order chi connectivity index (χ0) is 14.7. The van der Waals surface area contributed by atoms with Crippen LogP contribution < -0.4 is 0 Å². The number of benzene rings is 2. The molecular weight excluding hydrogens is 262 g/mol. The van der Waals surface area contributed by atoms with E-state index in [1.165, 1.54) is 7.11 Å². The number of carbonyl (C=O) groups excluding carboxylic acids is 1. The Morgan fingerprint density at radius 1 is 1.10 bits per heavy atom. The van der Waals surface area contributed by atoms with E-state index < -0.39 is 0 Å². The molecule has 3 nitrogen and oxygen atoms in total. The van der Waals surface area contributed by atoms with Crippen molar-refractivity contribution in [2.45, 2.75) is 12.3 Å². The molecule has 2 aromatic carbocycles. The summed E-state index contributed by atoms with van der Waals surface area (Å²) in [6.45, 7) is 0. The van der Waals surface area contributed by atoms with Crippen LogP contribution in [0.25, 0.3) is 10.9 Å². The number of hydrogen-bond acceptors (Lipinski definition) is 2. The molecule has 1 unspecified atom stereocenters. The molecular formula is C18H17NO2. The Hall–Kier alpha value is -2.55. The van der Waals surface area contributed by atoms with E-state index in [2.05, 4.69) is 23.2 Å². The standard InChI is InChI=1S/C18H17NO2/c1-21-18(20)11-15(13-7-3-2-4-8-13)16-12-19-17-10-6-5-9-14(16)17/h2-10,12,15,19H,11H2,1H3. The minimum Gasteiger partial charge on any atom is -0.469 e. The molecule has 0 aliphatic carbocycles. The Kier molecular flexibility index (Phi) is 3.73. The highest BCUT2D eigenvalue weighted by Crippen LogP contribution is 2.33. The summed E-state index contributed by atoms with van der Waals surface area (Å²) in [5.41, 5.74) is 3.33. The smallest absolute Gasteiger partial charge is 0.306 e. The largest absolute Gasteiger partial charge is 0.469 e. The van der Waals surface area contributed by atoms with Crippen LogP contribution >= 0.6 is 0 Å². The van der Waals surface area contributed by atoms with E-state index in [9.17, 15) is 4.79 Å². The summed E-state index contributed by atoms with van der Waals surface area (Å²) in [4.78, 5) is 15.1. The normalized spacial score (nSPS) is 12.2. The van der Waals surface area contributed by atoms with Crippen molar-refractivity contribution in [2.75, 3.05) is 7.11 Å². The van der Waals surface area contributed by atoms with Crippen molar-refractivity contribution in [3.63, 3.8) is 0 Å². The van der Waals surface area contributed by atoms with Crippen LogP contribution in [-0.4, -0.2) is 18.1 Å². The number of ether oxygens (including phenoxy) is 1.